The largest absolute Gasteiger partial charge is 0.453 e. The van der Waals surface area contributed by atoms with Crippen LogP contribution in [0, 0.1) is 5.82 Å². The average molecular weight is 281 g/mol. The van der Waals surface area contributed by atoms with Crippen LogP contribution in [0.5, 0.6) is 0 Å². The van der Waals surface area contributed by atoms with Crippen molar-refractivity contribution in [3.8, 4) is 0 Å². The molecule has 1 saturated heterocycles. The van der Waals surface area contributed by atoms with Crippen LogP contribution >= 0.6 is 0 Å². The maximum absolute atomic E-state index is 13.2. The summed E-state index contributed by atoms with van der Waals surface area (Å²) in [5.74, 6) is -0.845. The van der Waals surface area contributed by atoms with E-state index in [9.17, 15) is 14.0 Å². The normalized spacial score (nSPS) is 17.9. The van der Waals surface area contributed by atoms with Crippen LogP contribution in [0.2, 0.25) is 0 Å². The van der Waals surface area contributed by atoms with Gasteiger partial charge < -0.3 is 20.7 Å². The van der Waals surface area contributed by atoms with Crippen molar-refractivity contribution in [1.29, 1.82) is 0 Å². The quantitative estimate of drug-likeness (QED) is 0.791. The summed E-state index contributed by atoms with van der Waals surface area (Å²) in [6.07, 6.45) is 0.0883. The molecule has 0 aliphatic carbocycles. The summed E-state index contributed by atoms with van der Waals surface area (Å²) in [7, 11) is 1.28. The molecule has 1 aliphatic rings. The number of carbonyl (C=O) groups is 2. The van der Waals surface area contributed by atoms with E-state index in [1.807, 2.05) is 0 Å². The Morgan fingerprint density at radius 1 is 1.50 bits per heavy atom. The summed E-state index contributed by atoms with van der Waals surface area (Å²) in [4.78, 5) is 24.9. The van der Waals surface area contributed by atoms with E-state index in [0.29, 0.717) is 19.5 Å². The molecule has 6 nitrogen and oxygen atoms in total. The molecule has 0 aromatic heterocycles. The zero-order chi connectivity index (χ0) is 14.7. The number of anilines is 1. The lowest BCUT2D eigenvalue weighted by Gasteiger charge is -2.18. The molecule has 1 heterocycles. The molecule has 1 unspecified atom stereocenters. The number of halogens is 1. The first-order valence-corrected chi connectivity index (χ1v) is 6.20. The Kier molecular flexibility index (Phi) is 4.07. The molecule has 1 aliphatic heterocycles. The highest BCUT2D eigenvalue weighted by Crippen LogP contribution is 2.19. The Labute approximate surface area is 115 Å². The lowest BCUT2D eigenvalue weighted by atomic mass is 10.1. The van der Waals surface area contributed by atoms with Gasteiger partial charge in [-0.3, -0.25) is 4.79 Å². The number of ether oxygens (including phenoxy) is 1. The Bertz CT molecular complexity index is 536. The third-order valence-corrected chi connectivity index (χ3v) is 3.23. The standard InChI is InChI=1S/C13H16FN3O3/c1-20-13(19)16-9-4-5-17(7-9)12(18)10-6-8(14)2-3-11(10)15/h2-3,6,9H,4-5,7,15H2,1H3,(H,16,19). The van der Waals surface area contributed by atoms with E-state index >= 15 is 0 Å². The number of likely N-dealkylation sites (tertiary alicyclic amines) is 1. The van der Waals surface area contributed by atoms with E-state index < -0.39 is 11.9 Å². The smallest absolute Gasteiger partial charge is 0.407 e. The van der Waals surface area contributed by atoms with Gasteiger partial charge in [0.25, 0.3) is 5.91 Å². The number of rotatable bonds is 2. The monoisotopic (exact) mass is 281 g/mol. The number of amides is 2. The number of nitrogens with one attached hydrogen (secondary N) is 1. The summed E-state index contributed by atoms with van der Waals surface area (Å²) in [5.41, 5.74) is 6.07. The van der Waals surface area contributed by atoms with Crippen molar-refractivity contribution in [3.05, 3.63) is 29.6 Å². The fourth-order valence-electron chi connectivity index (χ4n) is 2.17. The molecular weight excluding hydrogens is 265 g/mol. The molecule has 1 fully saturated rings. The van der Waals surface area contributed by atoms with Crippen molar-refractivity contribution >= 4 is 17.7 Å². The highest BCUT2D eigenvalue weighted by atomic mass is 19.1. The molecular formula is C13H16FN3O3. The fraction of sp³-hybridized carbons (Fsp3) is 0.385. The number of carbonyl (C=O) groups excluding carboxylic acids is 2. The van der Waals surface area contributed by atoms with Crippen LogP contribution in [0.15, 0.2) is 18.2 Å². The summed E-state index contributed by atoms with van der Waals surface area (Å²) in [6.45, 7) is 0.827. The molecule has 0 bridgehead atoms. The van der Waals surface area contributed by atoms with Gasteiger partial charge in [0, 0.05) is 18.8 Å². The number of alkyl carbamates (subject to hydrolysis) is 1. The molecule has 7 heteroatoms. The molecule has 3 N–H and O–H groups in total. The Balaban J connectivity index is 2.04. The lowest BCUT2D eigenvalue weighted by Crippen LogP contribution is -2.38. The van der Waals surface area contributed by atoms with Gasteiger partial charge in [0.2, 0.25) is 0 Å². The molecule has 1 aromatic carbocycles. The van der Waals surface area contributed by atoms with E-state index in [4.69, 9.17) is 5.73 Å². The topological polar surface area (TPSA) is 84.7 Å². The number of nitrogens with zero attached hydrogens (tertiary/aromatic N) is 1. The van der Waals surface area contributed by atoms with Crippen molar-refractivity contribution in [2.24, 2.45) is 0 Å². The van der Waals surface area contributed by atoms with Gasteiger partial charge in [0.1, 0.15) is 5.82 Å². The zero-order valence-corrected chi connectivity index (χ0v) is 11.1. The van der Waals surface area contributed by atoms with Crippen LogP contribution in [-0.2, 0) is 4.74 Å². The minimum Gasteiger partial charge on any atom is -0.453 e. The predicted molar refractivity (Wildman–Crippen MR) is 70.7 cm³/mol. The first kappa shape index (κ1) is 14.1. The summed E-state index contributed by atoms with van der Waals surface area (Å²) >= 11 is 0. The molecule has 0 radical (unpaired) electrons. The maximum atomic E-state index is 13.2. The number of hydrogen-bond donors (Lipinski definition) is 2. The van der Waals surface area contributed by atoms with Gasteiger partial charge in [0.15, 0.2) is 0 Å². The third-order valence-electron chi connectivity index (χ3n) is 3.23. The second kappa shape index (κ2) is 5.77. The summed E-state index contributed by atoms with van der Waals surface area (Å²) in [5, 5.41) is 2.63. The van der Waals surface area contributed by atoms with E-state index in [1.165, 1.54) is 24.1 Å². The highest BCUT2D eigenvalue weighted by Gasteiger charge is 2.29. The van der Waals surface area contributed by atoms with Gasteiger partial charge in [-0.1, -0.05) is 0 Å². The van der Waals surface area contributed by atoms with Crippen LogP contribution in [0.3, 0.4) is 0 Å². The number of nitrogens with two attached hydrogens (primary N) is 1. The number of methoxy groups -OCH3 is 1. The first-order chi connectivity index (χ1) is 9.51. The van der Waals surface area contributed by atoms with Crippen molar-refractivity contribution in [3.63, 3.8) is 0 Å². The van der Waals surface area contributed by atoms with Crippen LogP contribution in [-0.4, -0.2) is 43.1 Å². The van der Waals surface area contributed by atoms with E-state index in [-0.39, 0.29) is 23.2 Å². The molecule has 2 amide bonds. The minimum atomic E-state index is -0.533. The van der Waals surface area contributed by atoms with Crippen LogP contribution in [0.1, 0.15) is 16.8 Å². The van der Waals surface area contributed by atoms with Crippen molar-refractivity contribution in [2.75, 3.05) is 25.9 Å². The van der Waals surface area contributed by atoms with Crippen molar-refractivity contribution < 1.29 is 18.7 Å². The average Bonchev–Trinajstić information content (AvgIpc) is 2.89. The van der Waals surface area contributed by atoms with Crippen molar-refractivity contribution in [1.82, 2.24) is 10.2 Å². The van der Waals surface area contributed by atoms with E-state index in [0.717, 1.165) is 6.07 Å². The lowest BCUT2D eigenvalue weighted by molar-refractivity contribution is 0.0788. The molecule has 1 atom stereocenters. The molecule has 108 valence electrons. The minimum absolute atomic E-state index is 0.142. The van der Waals surface area contributed by atoms with Crippen LogP contribution < -0.4 is 11.1 Å². The Morgan fingerprint density at radius 3 is 2.95 bits per heavy atom. The van der Waals surface area contributed by atoms with Gasteiger partial charge in [0.05, 0.1) is 18.7 Å². The fourth-order valence-corrected chi connectivity index (χ4v) is 2.17. The molecule has 1 aromatic rings. The zero-order valence-electron chi connectivity index (χ0n) is 11.1. The van der Waals surface area contributed by atoms with Crippen LogP contribution in [0.25, 0.3) is 0 Å². The Hall–Kier alpha value is -2.31. The molecule has 0 spiro atoms. The van der Waals surface area contributed by atoms with E-state index in [2.05, 4.69) is 10.1 Å². The van der Waals surface area contributed by atoms with E-state index in [1.54, 1.807) is 0 Å². The van der Waals surface area contributed by atoms with Gasteiger partial charge in [-0.25, -0.2) is 9.18 Å². The number of nitrogen functional groups attached to an aromatic ring is 1. The second-order valence-electron chi connectivity index (χ2n) is 4.60. The summed E-state index contributed by atoms with van der Waals surface area (Å²) in [6, 6.07) is 3.53. The molecule has 20 heavy (non-hydrogen) atoms. The second-order valence-corrected chi connectivity index (χ2v) is 4.60. The summed E-state index contributed by atoms with van der Waals surface area (Å²) < 4.78 is 17.7. The number of benzene rings is 1. The van der Waals surface area contributed by atoms with Gasteiger partial charge in [-0.2, -0.15) is 0 Å². The van der Waals surface area contributed by atoms with Gasteiger partial charge in [-0.05, 0) is 24.6 Å². The van der Waals surface area contributed by atoms with Crippen LogP contribution in [0.4, 0.5) is 14.9 Å². The predicted octanol–water partition coefficient (Wildman–Crippen LogP) is 0.978. The molecule has 0 saturated carbocycles. The third kappa shape index (κ3) is 2.98. The maximum Gasteiger partial charge on any atom is 0.407 e. The first-order valence-electron chi connectivity index (χ1n) is 6.20. The highest BCUT2D eigenvalue weighted by molar-refractivity contribution is 5.99. The van der Waals surface area contributed by atoms with Gasteiger partial charge in [-0.15, -0.1) is 0 Å². The Morgan fingerprint density at radius 2 is 2.25 bits per heavy atom. The van der Waals surface area contributed by atoms with Crippen molar-refractivity contribution in [2.45, 2.75) is 12.5 Å². The van der Waals surface area contributed by atoms with Gasteiger partial charge >= 0.3 is 6.09 Å². The number of hydrogen-bond acceptors (Lipinski definition) is 4. The SMILES string of the molecule is COC(=O)NC1CCN(C(=O)c2cc(F)ccc2N)C1. The molecule has 2 rings (SSSR count).